The zero-order chi connectivity index (χ0) is 23.5. The van der Waals surface area contributed by atoms with Gasteiger partial charge in [0.15, 0.2) is 0 Å². The van der Waals surface area contributed by atoms with Gasteiger partial charge in [0.2, 0.25) is 0 Å². The van der Waals surface area contributed by atoms with Crippen molar-refractivity contribution in [3.63, 3.8) is 0 Å². The average Bonchev–Trinajstić information content (AvgIpc) is 3.32. The molecule has 0 saturated carbocycles. The summed E-state index contributed by atoms with van der Waals surface area (Å²) in [6, 6.07) is 20.2. The van der Waals surface area contributed by atoms with E-state index in [0.717, 1.165) is 53.6 Å². The zero-order valence-corrected chi connectivity index (χ0v) is 19.6. The average molecular weight is 482 g/mol. The van der Waals surface area contributed by atoms with Gasteiger partial charge in [0, 0.05) is 19.0 Å². The smallest absolute Gasteiger partial charge is 0.140 e. The second-order valence-corrected chi connectivity index (χ2v) is 10.0. The number of nitrogens with zero attached hydrogens (tertiary/aromatic N) is 1. The van der Waals surface area contributed by atoms with E-state index < -0.39 is 0 Å². The van der Waals surface area contributed by atoms with Crippen molar-refractivity contribution in [3.05, 3.63) is 77.9 Å². The highest BCUT2D eigenvalue weighted by Gasteiger charge is 2.34. The van der Waals surface area contributed by atoms with E-state index in [9.17, 15) is 14.6 Å². The molecule has 3 aromatic rings. The van der Waals surface area contributed by atoms with Gasteiger partial charge in [0.1, 0.15) is 35.7 Å². The van der Waals surface area contributed by atoms with Crippen LogP contribution in [0.2, 0.25) is 0 Å². The number of thioether (sulfide) groups is 1. The van der Waals surface area contributed by atoms with E-state index in [1.807, 2.05) is 36.4 Å². The van der Waals surface area contributed by atoms with Crippen LogP contribution in [0, 0.1) is 5.92 Å². The maximum Gasteiger partial charge on any atom is 0.140 e. The van der Waals surface area contributed by atoms with E-state index in [-0.39, 0.29) is 35.4 Å². The fourth-order valence-electron chi connectivity index (χ4n) is 4.56. The van der Waals surface area contributed by atoms with Gasteiger partial charge in [-0.05, 0) is 66.6 Å². The standard InChI is InChI=1S/C27H28FNO4S/c28-16-18-10-11-29(17-18)12-13-32-23-7-4-19(5-8-23)26-27(20-2-1-3-21(30)14-20)34-25-15-22(31)6-9-24(25)33-26/h1-9,14-15,18,26-27,30-31H,10-13,16-17H2. The van der Waals surface area contributed by atoms with Gasteiger partial charge in [-0.2, -0.15) is 0 Å². The number of benzene rings is 3. The maximum absolute atomic E-state index is 12.8. The number of hydrogen-bond donors (Lipinski definition) is 2. The number of fused-ring (bicyclic) bond motifs is 1. The lowest BCUT2D eigenvalue weighted by Crippen LogP contribution is -2.26. The van der Waals surface area contributed by atoms with E-state index in [1.54, 1.807) is 42.1 Å². The predicted octanol–water partition coefficient (Wildman–Crippen LogP) is 5.74. The van der Waals surface area contributed by atoms with Crippen LogP contribution < -0.4 is 9.47 Å². The fourth-order valence-corrected chi connectivity index (χ4v) is 5.87. The van der Waals surface area contributed by atoms with Crippen LogP contribution in [0.4, 0.5) is 4.39 Å². The molecular weight excluding hydrogens is 453 g/mol. The normalized spacial score (nSPS) is 22.2. The Kier molecular flexibility index (Phi) is 6.83. The van der Waals surface area contributed by atoms with E-state index >= 15 is 0 Å². The van der Waals surface area contributed by atoms with Crippen molar-refractivity contribution in [1.82, 2.24) is 4.90 Å². The molecule has 2 N–H and O–H groups in total. The topological polar surface area (TPSA) is 62.2 Å². The lowest BCUT2D eigenvalue weighted by Gasteiger charge is -2.34. The van der Waals surface area contributed by atoms with Crippen LogP contribution in [0.25, 0.3) is 0 Å². The Balaban J connectivity index is 1.30. The molecule has 5 rings (SSSR count). The molecule has 1 fully saturated rings. The molecule has 34 heavy (non-hydrogen) atoms. The van der Waals surface area contributed by atoms with Crippen molar-refractivity contribution in [2.24, 2.45) is 5.92 Å². The SMILES string of the molecule is Oc1cccc(C2Sc3cc(O)ccc3OC2c2ccc(OCCN3CCC(CF)C3)cc2)c1. The Morgan fingerprint density at radius 3 is 2.59 bits per heavy atom. The van der Waals surface area contributed by atoms with E-state index in [0.29, 0.717) is 6.61 Å². The molecule has 1 saturated heterocycles. The largest absolute Gasteiger partial charge is 0.508 e. The van der Waals surface area contributed by atoms with Crippen LogP contribution in [0.15, 0.2) is 71.6 Å². The van der Waals surface area contributed by atoms with Crippen molar-refractivity contribution >= 4 is 11.8 Å². The summed E-state index contributed by atoms with van der Waals surface area (Å²) in [5.74, 6) is 2.08. The van der Waals surface area contributed by atoms with Gasteiger partial charge in [-0.3, -0.25) is 9.29 Å². The molecule has 0 aliphatic carbocycles. The monoisotopic (exact) mass is 481 g/mol. The first kappa shape index (κ1) is 22.9. The van der Waals surface area contributed by atoms with Crippen LogP contribution in [0.3, 0.4) is 0 Å². The minimum absolute atomic E-state index is 0.105. The molecule has 7 heteroatoms. The molecule has 3 aromatic carbocycles. The number of ether oxygens (including phenoxy) is 2. The fraction of sp³-hybridized carbons (Fsp3) is 0.333. The Morgan fingerprint density at radius 1 is 1.00 bits per heavy atom. The summed E-state index contributed by atoms with van der Waals surface area (Å²) in [7, 11) is 0. The molecule has 178 valence electrons. The quantitative estimate of drug-likeness (QED) is 0.449. The summed E-state index contributed by atoms with van der Waals surface area (Å²) in [6.07, 6.45) is 0.647. The molecule has 3 unspecified atom stereocenters. The van der Waals surface area contributed by atoms with Crippen molar-refractivity contribution in [1.29, 1.82) is 0 Å². The number of likely N-dealkylation sites (tertiary alicyclic amines) is 1. The minimum atomic E-state index is -0.278. The Morgan fingerprint density at radius 2 is 1.82 bits per heavy atom. The van der Waals surface area contributed by atoms with Crippen LogP contribution >= 0.6 is 11.8 Å². The second-order valence-electron chi connectivity index (χ2n) is 8.83. The van der Waals surface area contributed by atoms with Gasteiger partial charge in [0.25, 0.3) is 0 Å². The lowest BCUT2D eigenvalue weighted by atomic mass is 10.00. The highest BCUT2D eigenvalue weighted by Crippen LogP contribution is 2.54. The molecule has 0 radical (unpaired) electrons. The molecule has 3 atom stereocenters. The lowest BCUT2D eigenvalue weighted by molar-refractivity contribution is 0.190. The third-order valence-corrected chi connectivity index (χ3v) is 7.73. The molecule has 0 amide bonds. The molecular formula is C27H28FNO4S. The highest BCUT2D eigenvalue weighted by molar-refractivity contribution is 7.99. The Hall–Kier alpha value is -2.90. The van der Waals surface area contributed by atoms with Gasteiger partial charge in [-0.15, -0.1) is 11.8 Å². The first-order valence-electron chi connectivity index (χ1n) is 11.6. The summed E-state index contributed by atoms with van der Waals surface area (Å²) >= 11 is 1.61. The minimum Gasteiger partial charge on any atom is -0.508 e. The van der Waals surface area contributed by atoms with Gasteiger partial charge < -0.3 is 19.7 Å². The molecule has 2 heterocycles. The van der Waals surface area contributed by atoms with Crippen molar-refractivity contribution in [3.8, 4) is 23.0 Å². The first-order valence-corrected chi connectivity index (χ1v) is 12.4. The molecule has 5 nitrogen and oxygen atoms in total. The summed E-state index contributed by atoms with van der Waals surface area (Å²) in [6.45, 7) is 2.87. The van der Waals surface area contributed by atoms with E-state index in [1.165, 1.54) is 0 Å². The summed E-state index contributed by atoms with van der Waals surface area (Å²) in [5.41, 5.74) is 1.94. The van der Waals surface area contributed by atoms with E-state index in [4.69, 9.17) is 9.47 Å². The number of halogens is 1. The van der Waals surface area contributed by atoms with E-state index in [2.05, 4.69) is 4.90 Å². The molecule has 0 aromatic heterocycles. The summed E-state index contributed by atoms with van der Waals surface area (Å²) < 4.78 is 25.1. The third kappa shape index (κ3) is 5.10. The highest BCUT2D eigenvalue weighted by atomic mass is 32.2. The number of phenolic OH excluding ortho intramolecular Hbond substituents is 2. The first-order chi connectivity index (χ1) is 16.6. The van der Waals surface area contributed by atoms with Gasteiger partial charge in [0.05, 0.1) is 16.8 Å². The maximum atomic E-state index is 12.8. The zero-order valence-electron chi connectivity index (χ0n) is 18.8. The number of aromatic hydroxyl groups is 2. The number of rotatable bonds is 7. The Bertz CT molecular complexity index is 1130. The van der Waals surface area contributed by atoms with Crippen LogP contribution in [-0.2, 0) is 0 Å². The Labute approximate surface area is 203 Å². The predicted molar refractivity (Wildman–Crippen MR) is 131 cm³/mol. The van der Waals surface area contributed by atoms with Gasteiger partial charge >= 0.3 is 0 Å². The van der Waals surface area contributed by atoms with Crippen LogP contribution in [0.1, 0.15) is 28.9 Å². The van der Waals surface area contributed by atoms with Crippen molar-refractivity contribution in [2.45, 2.75) is 22.7 Å². The molecule has 0 spiro atoms. The van der Waals surface area contributed by atoms with Crippen molar-refractivity contribution in [2.75, 3.05) is 32.9 Å². The number of phenols is 2. The van der Waals surface area contributed by atoms with Gasteiger partial charge in [-0.25, -0.2) is 0 Å². The molecule has 2 aliphatic heterocycles. The van der Waals surface area contributed by atoms with Crippen molar-refractivity contribution < 1.29 is 24.1 Å². The van der Waals surface area contributed by atoms with Gasteiger partial charge in [-0.1, -0.05) is 24.3 Å². The number of hydrogen-bond acceptors (Lipinski definition) is 6. The number of alkyl halides is 1. The molecule has 2 aliphatic rings. The van der Waals surface area contributed by atoms with Crippen LogP contribution in [-0.4, -0.2) is 48.0 Å². The summed E-state index contributed by atoms with van der Waals surface area (Å²) in [4.78, 5) is 3.11. The van der Waals surface area contributed by atoms with Crippen LogP contribution in [0.5, 0.6) is 23.0 Å². The molecule has 0 bridgehead atoms. The second kappa shape index (κ2) is 10.2. The summed E-state index contributed by atoms with van der Waals surface area (Å²) in [5, 5.41) is 19.9. The third-order valence-electron chi connectivity index (χ3n) is 6.38.